The van der Waals surface area contributed by atoms with Gasteiger partial charge in [0.1, 0.15) is 12.0 Å². The van der Waals surface area contributed by atoms with Gasteiger partial charge in [0.2, 0.25) is 15.9 Å². The summed E-state index contributed by atoms with van der Waals surface area (Å²) in [6.45, 7) is 6.01. The summed E-state index contributed by atoms with van der Waals surface area (Å²) in [7, 11) is -4.61. The second kappa shape index (κ2) is 11.1. The van der Waals surface area contributed by atoms with Gasteiger partial charge in [-0.2, -0.15) is 18.3 Å². The molecule has 2 N–H and O–H groups in total. The van der Waals surface area contributed by atoms with E-state index in [0.29, 0.717) is 47.4 Å². The number of hydrogen-bond acceptors (Lipinski definition) is 7. The second-order valence-corrected chi connectivity index (χ2v) is 11.1. The molecular formula is C26H28F3N5O4S. The van der Waals surface area contributed by atoms with Gasteiger partial charge < -0.3 is 14.6 Å². The molecule has 9 nitrogen and oxygen atoms in total. The molecule has 0 atom stereocenters. The van der Waals surface area contributed by atoms with E-state index in [9.17, 15) is 21.6 Å². The Hall–Kier alpha value is -3.84. The summed E-state index contributed by atoms with van der Waals surface area (Å²) >= 11 is 0. The number of aryl methyl sites for hydroxylation is 1. The lowest BCUT2D eigenvalue weighted by atomic mass is 9.93. The first-order valence-electron chi connectivity index (χ1n) is 12.0. The van der Waals surface area contributed by atoms with Crippen LogP contribution in [0.5, 0.6) is 11.6 Å². The number of rotatable bonds is 11. The maximum absolute atomic E-state index is 12.7. The Labute approximate surface area is 224 Å². The molecule has 208 valence electrons. The minimum atomic E-state index is -4.85. The normalized spacial score (nSPS) is 12.5. The highest BCUT2D eigenvalue weighted by Gasteiger charge is 2.38. The number of nitrogens with one attached hydrogen (secondary N) is 2. The van der Waals surface area contributed by atoms with Gasteiger partial charge in [-0.15, -0.1) is 0 Å². The van der Waals surface area contributed by atoms with E-state index in [1.165, 1.54) is 20.1 Å². The predicted molar refractivity (Wildman–Crippen MR) is 140 cm³/mol. The average molecular weight is 564 g/mol. The molecule has 0 amide bonds. The highest BCUT2D eigenvalue weighted by molar-refractivity contribution is 7.89. The van der Waals surface area contributed by atoms with E-state index >= 15 is 0 Å². The number of benzene rings is 2. The Morgan fingerprint density at radius 1 is 1.05 bits per heavy atom. The Bertz CT molecular complexity index is 1500. The summed E-state index contributed by atoms with van der Waals surface area (Å²) in [5.74, 6) is -0.211. The van der Waals surface area contributed by atoms with Crippen LogP contribution in [-0.2, 0) is 28.7 Å². The molecule has 4 rings (SSSR count). The van der Waals surface area contributed by atoms with Crippen LogP contribution in [0.15, 0.2) is 71.4 Å². The van der Waals surface area contributed by atoms with Crippen molar-refractivity contribution < 1.29 is 30.8 Å². The Morgan fingerprint density at radius 2 is 1.79 bits per heavy atom. The highest BCUT2D eigenvalue weighted by atomic mass is 32.2. The minimum Gasteiger partial charge on any atom is -0.439 e. The van der Waals surface area contributed by atoms with Crippen LogP contribution < -0.4 is 14.8 Å². The van der Waals surface area contributed by atoms with Crippen LogP contribution in [0.1, 0.15) is 31.9 Å². The van der Waals surface area contributed by atoms with Crippen LogP contribution in [0.25, 0.3) is 11.3 Å². The lowest BCUT2D eigenvalue weighted by Gasteiger charge is -2.27. The van der Waals surface area contributed by atoms with Crippen LogP contribution in [-0.4, -0.2) is 35.3 Å². The largest absolute Gasteiger partial charge is 0.439 e. The summed E-state index contributed by atoms with van der Waals surface area (Å²) in [6.07, 6.45) is -3.36. The molecule has 0 fully saturated rings. The van der Waals surface area contributed by atoms with Crippen LogP contribution in [0.3, 0.4) is 0 Å². The predicted octanol–water partition coefficient (Wildman–Crippen LogP) is 5.68. The number of sulfonamides is 1. The Morgan fingerprint density at radius 3 is 2.44 bits per heavy atom. The van der Waals surface area contributed by atoms with Gasteiger partial charge in [-0.3, -0.25) is 0 Å². The lowest BCUT2D eigenvalue weighted by molar-refractivity contribution is -0.106. The van der Waals surface area contributed by atoms with E-state index in [1.54, 1.807) is 41.1 Å². The zero-order valence-electron chi connectivity index (χ0n) is 21.5. The Kier molecular flexibility index (Phi) is 8.02. The monoisotopic (exact) mass is 563 g/mol. The number of aromatic nitrogens is 3. The molecule has 0 aliphatic carbocycles. The fourth-order valence-corrected chi connectivity index (χ4v) is 5.31. The van der Waals surface area contributed by atoms with Crippen molar-refractivity contribution in [1.29, 1.82) is 0 Å². The van der Waals surface area contributed by atoms with E-state index in [2.05, 4.69) is 20.3 Å². The molecular weight excluding hydrogens is 535 g/mol. The lowest BCUT2D eigenvalue weighted by Crippen LogP contribution is -2.44. The first kappa shape index (κ1) is 28.2. The number of alkyl halides is 3. The summed E-state index contributed by atoms with van der Waals surface area (Å²) in [5.41, 5.74) is 1.42. The van der Waals surface area contributed by atoms with Crippen molar-refractivity contribution in [3.05, 3.63) is 78.1 Å². The molecule has 0 unspecified atom stereocenters. The van der Waals surface area contributed by atoms with Gasteiger partial charge in [0.15, 0.2) is 11.6 Å². The Balaban J connectivity index is 1.49. The van der Waals surface area contributed by atoms with Crippen molar-refractivity contribution in [3.8, 4) is 22.9 Å². The summed E-state index contributed by atoms with van der Waals surface area (Å²) in [5, 5.41) is 11.5. The third kappa shape index (κ3) is 7.60. The molecule has 0 aliphatic rings. The molecule has 0 saturated carbocycles. The number of halogens is 3. The maximum Gasteiger partial charge on any atom is 0.404 e. The van der Waals surface area contributed by atoms with Crippen LogP contribution in [0.2, 0.25) is 0 Å². The standard InChI is InChI=1S/C26H28F3N5O4S/c1-4-34-24(38-21-10-8-18(9-11-21)16-30-23-12-13-37-32-23)15-22(31-34)19-6-5-7-20(14-19)25(2,3)33-39(35,36)17-26(27,28)29/h5-15,33H,4,16-17H2,1-3H3,(H,30,32). The van der Waals surface area contributed by atoms with Gasteiger partial charge in [-0.05, 0) is 50.1 Å². The molecule has 0 bridgehead atoms. The van der Waals surface area contributed by atoms with Crippen molar-refractivity contribution in [2.75, 3.05) is 11.1 Å². The van der Waals surface area contributed by atoms with Crippen molar-refractivity contribution in [3.63, 3.8) is 0 Å². The second-order valence-electron chi connectivity index (χ2n) is 9.35. The van der Waals surface area contributed by atoms with E-state index in [0.717, 1.165) is 5.56 Å². The molecule has 0 saturated heterocycles. The number of anilines is 1. The first-order chi connectivity index (χ1) is 18.3. The number of ether oxygens (including phenoxy) is 1. The molecule has 0 spiro atoms. The van der Waals surface area contributed by atoms with Gasteiger partial charge in [0.25, 0.3) is 0 Å². The molecule has 2 aromatic heterocycles. The van der Waals surface area contributed by atoms with Gasteiger partial charge in [-0.25, -0.2) is 17.8 Å². The smallest absolute Gasteiger partial charge is 0.404 e. The van der Waals surface area contributed by atoms with E-state index in [-0.39, 0.29) is 0 Å². The third-order valence-electron chi connectivity index (χ3n) is 5.74. The molecule has 2 heterocycles. The van der Waals surface area contributed by atoms with Crippen molar-refractivity contribution in [1.82, 2.24) is 19.7 Å². The molecule has 39 heavy (non-hydrogen) atoms. The first-order valence-corrected chi connectivity index (χ1v) is 13.7. The molecule has 2 aromatic carbocycles. The number of nitrogens with zero attached hydrogens (tertiary/aromatic N) is 3. The minimum absolute atomic E-state index is 0.481. The van der Waals surface area contributed by atoms with Crippen molar-refractivity contribution in [2.45, 2.75) is 45.6 Å². The van der Waals surface area contributed by atoms with E-state index in [1.807, 2.05) is 31.2 Å². The molecule has 13 heteroatoms. The summed E-state index contributed by atoms with van der Waals surface area (Å²) < 4.78 is 77.0. The quantitative estimate of drug-likeness (QED) is 0.242. The maximum atomic E-state index is 12.7. The van der Waals surface area contributed by atoms with Gasteiger partial charge in [0.05, 0.1) is 11.2 Å². The van der Waals surface area contributed by atoms with Gasteiger partial charge in [0, 0.05) is 30.8 Å². The van der Waals surface area contributed by atoms with E-state index < -0.39 is 27.5 Å². The topological polar surface area (TPSA) is 111 Å². The zero-order valence-corrected chi connectivity index (χ0v) is 22.3. The molecule has 0 radical (unpaired) electrons. The van der Waals surface area contributed by atoms with Gasteiger partial charge in [-0.1, -0.05) is 35.5 Å². The van der Waals surface area contributed by atoms with Crippen LogP contribution in [0, 0.1) is 0 Å². The number of hydrogen-bond donors (Lipinski definition) is 2. The van der Waals surface area contributed by atoms with Crippen molar-refractivity contribution >= 4 is 15.8 Å². The zero-order chi connectivity index (χ0) is 28.3. The third-order valence-corrected chi connectivity index (χ3v) is 7.27. The van der Waals surface area contributed by atoms with Crippen molar-refractivity contribution in [2.24, 2.45) is 0 Å². The average Bonchev–Trinajstić information content (AvgIpc) is 3.51. The van der Waals surface area contributed by atoms with Gasteiger partial charge >= 0.3 is 6.18 Å². The van der Waals surface area contributed by atoms with Crippen LogP contribution in [0.4, 0.5) is 19.0 Å². The van der Waals surface area contributed by atoms with E-state index in [4.69, 9.17) is 9.26 Å². The van der Waals surface area contributed by atoms with Crippen LogP contribution >= 0.6 is 0 Å². The fraction of sp³-hybridized carbons (Fsp3) is 0.308. The molecule has 4 aromatic rings. The summed E-state index contributed by atoms with van der Waals surface area (Å²) in [6, 6.07) is 17.8. The summed E-state index contributed by atoms with van der Waals surface area (Å²) in [4.78, 5) is 0. The SMILES string of the molecule is CCn1nc(-c2cccc(C(C)(C)NS(=O)(=O)CC(F)(F)F)c2)cc1Oc1ccc(CNc2ccon2)cc1. The highest BCUT2D eigenvalue weighted by Crippen LogP contribution is 2.31. The molecule has 0 aliphatic heterocycles. The fourth-order valence-electron chi connectivity index (χ4n) is 3.91.